The van der Waals surface area contributed by atoms with Gasteiger partial charge in [-0.25, -0.2) is 0 Å². The lowest BCUT2D eigenvalue weighted by Crippen LogP contribution is -2.65. The number of halogens is 1. The van der Waals surface area contributed by atoms with Gasteiger partial charge in [-0.2, -0.15) is 0 Å². The quantitative estimate of drug-likeness (QED) is 0.593. The highest BCUT2D eigenvalue weighted by molar-refractivity contribution is 6.48. The van der Waals surface area contributed by atoms with Crippen LogP contribution in [0, 0.1) is 17.3 Å². The molecule has 0 unspecified atom stereocenters. The summed E-state index contributed by atoms with van der Waals surface area (Å²) in [6.07, 6.45) is 4.60. The summed E-state index contributed by atoms with van der Waals surface area (Å²) in [7, 11) is -0.499. The van der Waals surface area contributed by atoms with E-state index in [0.717, 1.165) is 23.0 Å². The zero-order valence-electron chi connectivity index (χ0n) is 17.1. The van der Waals surface area contributed by atoms with Gasteiger partial charge in [0.1, 0.15) is 11.5 Å². The molecule has 5 nitrogen and oxygen atoms in total. The van der Waals surface area contributed by atoms with Crippen molar-refractivity contribution in [1.82, 2.24) is 5.32 Å². The molecular weight excluding hydrogens is 389 g/mol. The van der Waals surface area contributed by atoms with Crippen LogP contribution in [-0.4, -0.2) is 36.6 Å². The molecule has 1 amide bonds. The number of rotatable bonds is 5. The highest BCUT2D eigenvalue weighted by atomic mass is 35.5. The molecule has 3 aliphatic carbocycles. The van der Waals surface area contributed by atoms with Crippen LogP contribution in [0.15, 0.2) is 34.9 Å². The second-order valence-corrected chi connectivity index (χ2v) is 9.87. The van der Waals surface area contributed by atoms with E-state index in [0.29, 0.717) is 18.3 Å². The van der Waals surface area contributed by atoms with Crippen molar-refractivity contribution in [3.63, 3.8) is 0 Å². The monoisotopic (exact) mass is 415 g/mol. The molecule has 1 aromatic carbocycles. The number of furan rings is 1. The molecule has 2 heterocycles. The number of carbonyl (C=O) groups excluding carboxylic acids is 1. The summed E-state index contributed by atoms with van der Waals surface area (Å²) in [6.45, 7) is 6.87. The molecule has 0 spiro atoms. The van der Waals surface area contributed by atoms with Gasteiger partial charge in [0, 0.05) is 5.39 Å². The highest BCUT2D eigenvalue weighted by Crippen LogP contribution is 2.65. The van der Waals surface area contributed by atoms with Gasteiger partial charge in [-0.3, -0.25) is 4.79 Å². The summed E-state index contributed by atoms with van der Waals surface area (Å²) in [5, 5.41) is 4.07. The SMILES string of the molecule is CC1(C)[C@@H]2C[C@H]3OB([C@H](Cc4coc5ccccc45)NC(=O)CCl)O[C@@]3(C)[C@H]1C2. The fourth-order valence-corrected chi connectivity index (χ4v) is 6.04. The Morgan fingerprint density at radius 2 is 2.10 bits per heavy atom. The van der Waals surface area contributed by atoms with E-state index in [1.54, 1.807) is 6.26 Å². The molecule has 1 saturated heterocycles. The predicted octanol–water partition coefficient (Wildman–Crippen LogP) is 3.97. The molecule has 4 aliphatic rings. The van der Waals surface area contributed by atoms with Crippen LogP contribution in [0.2, 0.25) is 0 Å². The fraction of sp³-hybridized carbons (Fsp3) is 0.591. The van der Waals surface area contributed by atoms with Crippen LogP contribution in [0.5, 0.6) is 0 Å². The standard InChI is InChI=1S/C22H27BClNO4/c1-21(2)14-9-17(21)22(3)18(10-14)28-23(29-22)19(25-20(26)11-24)8-13-12-27-16-7-5-4-6-15(13)16/h4-7,12,14,17-19H,8-11H2,1-3H3,(H,25,26)/t14-,17-,18+,19-,22-/m0/s1. The Morgan fingerprint density at radius 1 is 1.31 bits per heavy atom. The van der Waals surface area contributed by atoms with Crippen LogP contribution in [0.4, 0.5) is 0 Å². The molecule has 3 saturated carbocycles. The average Bonchev–Trinajstić information content (AvgIpc) is 3.27. The molecule has 7 heteroatoms. The van der Waals surface area contributed by atoms with Gasteiger partial charge in [-0.15, -0.1) is 11.6 Å². The zero-order chi connectivity index (χ0) is 20.4. The lowest BCUT2D eigenvalue weighted by atomic mass is 9.43. The molecule has 6 rings (SSSR count). The van der Waals surface area contributed by atoms with Crippen molar-refractivity contribution in [1.29, 1.82) is 0 Å². The number of para-hydroxylation sites is 1. The van der Waals surface area contributed by atoms with Crippen molar-refractivity contribution < 1.29 is 18.5 Å². The maximum absolute atomic E-state index is 12.2. The molecular formula is C22H27BClNO4. The van der Waals surface area contributed by atoms with Crippen LogP contribution in [0.25, 0.3) is 11.0 Å². The first kappa shape index (κ1) is 19.5. The van der Waals surface area contributed by atoms with E-state index in [4.69, 9.17) is 25.3 Å². The molecule has 1 N–H and O–H groups in total. The van der Waals surface area contributed by atoms with Crippen molar-refractivity contribution in [3.8, 4) is 0 Å². The summed E-state index contributed by atoms with van der Waals surface area (Å²) in [5.41, 5.74) is 1.82. The first-order valence-corrected chi connectivity index (χ1v) is 11.0. The number of benzene rings is 1. The first-order chi connectivity index (χ1) is 13.8. The van der Waals surface area contributed by atoms with Gasteiger partial charge in [-0.05, 0) is 55.1 Å². The molecule has 29 heavy (non-hydrogen) atoms. The van der Waals surface area contributed by atoms with Gasteiger partial charge in [0.25, 0.3) is 0 Å². The van der Waals surface area contributed by atoms with E-state index in [-0.39, 0.29) is 34.8 Å². The molecule has 1 aromatic heterocycles. The smallest absolute Gasteiger partial charge is 0.464 e. The predicted molar refractivity (Wildman–Crippen MR) is 113 cm³/mol. The van der Waals surface area contributed by atoms with E-state index >= 15 is 0 Å². The Hall–Kier alpha value is -1.50. The van der Waals surface area contributed by atoms with Crippen LogP contribution < -0.4 is 5.32 Å². The zero-order valence-corrected chi connectivity index (χ0v) is 17.9. The van der Waals surface area contributed by atoms with E-state index < -0.39 is 7.12 Å². The summed E-state index contributed by atoms with van der Waals surface area (Å²) in [4.78, 5) is 12.2. The molecule has 2 bridgehead atoms. The van der Waals surface area contributed by atoms with Crippen LogP contribution in [0.3, 0.4) is 0 Å². The first-order valence-electron chi connectivity index (χ1n) is 10.5. The van der Waals surface area contributed by atoms with Crippen LogP contribution >= 0.6 is 11.6 Å². The summed E-state index contributed by atoms with van der Waals surface area (Å²) in [5.74, 6) is 0.518. The van der Waals surface area contributed by atoms with Crippen molar-refractivity contribution in [3.05, 3.63) is 36.1 Å². The van der Waals surface area contributed by atoms with E-state index in [1.807, 2.05) is 24.3 Å². The van der Waals surface area contributed by atoms with E-state index in [1.165, 1.54) is 6.42 Å². The Kier molecular flexibility index (Phi) is 4.54. The molecule has 5 atom stereocenters. The maximum Gasteiger partial charge on any atom is 0.482 e. The second-order valence-electron chi connectivity index (χ2n) is 9.61. The van der Waals surface area contributed by atoms with Gasteiger partial charge in [-0.1, -0.05) is 32.0 Å². The van der Waals surface area contributed by atoms with Crippen molar-refractivity contribution in [2.75, 3.05) is 5.88 Å². The molecule has 0 radical (unpaired) electrons. The minimum Gasteiger partial charge on any atom is -0.464 e. The van der Waals surface area contributed by atoms with Crippen molar-refractivity contribution >= 4 is 35.6 Å². The van der Waals surface area contributed by atoms with Crippen molar-refractivity contribution in [2.24, 2.45) is 17.3 Å². The van der Waals surface area contributed by atoms with Gasteiger partial charge >= 0.3 is 7.12 Å². The number of carbonyl (C=O) groups is 1. The second kappa shape index (κ2) is 6.76. The Balaban J connectivity index is 1.41. The van der Waals surface area contributed by atoms with Gasteiger partial charge in [0.2, 0.25) is 5.91 Å². The van der Waals surface area contributed by atoms with Crippen LogP contribution in [-0.2, 0) is 20.5 Å². The van der Waals surface area contributed by atoms with E-state index in [2.05, 4.69) is 26.1 Å². The number of hydrogen-bond acceptors (Lipinski definition) is 4. The number of fused-ring (bicyclic) bond motifs is 1. The Labute approximate surface area is 176 Å². The van der Waals surface area contributed by atoms with Gasteiger partial charge in [0.05, 0.1) is 23.9 Å². The highest BCUT2D eigenvalue weighted by Gasteiger charge is 2.68. The number of alkyl halides is 1. The van der Waals surface area contributed by atoms with Crippen LogP contribution in [0.1, 0.15) is 39.2 Å². The Morgan fingerprint density at radius 3 is 2.86 bits per heavy atom. The fourth-order valence-electron chi connectivity index (χ4n) is 5.96. The molecule has 154 valence electrons. The minimum absolute atomic E-state index is 0.0702. The van der Waals surface area contributed by atoms with Gasteiger partial charge < -0.3 is 19.0 Å². The number of hydrogen-bond donors (Lipinski definition) is 1. The topological polar surface area (TPSA) is 60.7 Å². The molecule has 2 aromatic rings. The van der Waals surface area contributed by atoms with Crippen molar-refractivity contribution in [2.45, 2.75) is 57.7 Å². The third-order valence-electron chi connectivity index (χ3n) is 7.77. The third kappa shape index (κ3) is 2.95. The normalized spacial score (nSPS) is 33.2. The lowest BCUT2D eigenvalue weighted by molar-refractivity contribution is -0.199. The maximum atomic E-state index is 12.2. The summed E-state index contributed by atoms with van der Waals surface area (Å²) >= 11 is 5.78. The minimum atomic E-state index is -0.499. The average molecular weight is 416 g/mol. The molecule has 1 aliphatic heterocycles. The third-order valence-corrected chi connectivity index (χ3v) is 8.01. The molecule has 4 fully saturated rings. The Bertz CT molecular complexity index is 946. The lowest BCUT2D eigenvalue weighted by Gasteiger charge is -2.64. The van der Waals surface area contributed by atoms with E-state index in [9.17, 15) is 4.79 Å². The van der Waals surface area contributed by atoms with Gasteiger partial charge in [0.15, 0.2) is 0 Å². The number of nitrogens with one attached hydrogen (secondary N) is 1. The number of amides is 1. The summed E-state index contributed by atoms with van der Waals surface area (Å²) in [6, 6.07) is 7.91. The largest absolute Gasteiger partial charge is 0.482 e. The summed E-state index contributed by atoms with van der Waals surface area (Å²) < 4.78 is 18.7.